The number of hydrogen-bond acceptors (Lipinski definition) is 4. The molecule has 3 atom stereocenters. The molecule has 0 radical (unpaired) electrons. The van der Waals surface area contributed by atoms with Gasteiger partial charge in [-0.15, -0.1) is 0 Å². The number of nitrogens with one attached hydrogen (secondary N) is 1. The van der Waals surface area contributed by atoms with Gasteiger partial charge in [0.2, 0.25) is 0 Å². The average molecular weight is 217 g/mol. The highest BCUT2D eigenvalue weighted by Gasteiger charge is 2.21. The van der Waals surface area contributed by atoms with Gasteiger partial charge in [-0.1, -0.05) is 6.92 Å². The third-order valence-corrected chi connectivity index (χ3v) is 2.63. The van der Waals surface area contributed by atoms with Gasteiger partial charge in [0, 0.05) is 25.8 Å². The Balaban J connectivity index is 3.89. The Morgan fingerprint density at radius 3 is 2.33 bits per heavy atom. The molecule has 4 nitrogen and oxygen atoms in total. The summed E-state index contributed by atoms with van der Waals surface area (Å²) in [5, 5.41) is 3.35. The van der Waals surface area contributed by atoms with Crippen molar-refractivity contribution in [1.29, 1.82) is 0 Å². The monoisotopic (exact) mass is 217 g/mol. The quantitative estimate of drug-likeness (QED) is 0.651. The van der Waals surface area contributed by atoms with Crippen LogP contribution in [0.5, 0.6) is 0 Å². The first-order valence-electron chi connectivity index (χ1n) is 5.35. The lowest BCUT2D eigenvalue weighted by Crippen LogP contribution is -2.42. The van der Waals surface area contributed by atoms with Crippen LogP contribution in [0.25, 0.3) is 0 Å². The second kappa shape index (κ2) is 7.65. The van der Waals surface area contributed by atoms with Crippen LogP contribution in [0, 0.1) is 5.92 Å². The Labute approximate surface area is 92.3 Å². The Morgan fingerprint density at radius 1 is 1.27 bits per heavy atom. The minimum Gasteiger partial charge on any atom is -0.469 e. The van der Waals surface area contributed by atoms with Gasteiger partial charge in [0.05, 0.1) is 13.0 Å². The second-order valence-electron chi connectivity index (χ2n) is 3.95. The van der Waals surface area contributed by atoms with E-state index in [2.05, 4.69) is 12.2 Å². The predicted molar refractivity (Wildman–Crippen MR) is 59.7 cm³/mol. The third kappa shape index (κ3) is 5.74. The lowest BCUT2D eigenvalue weighted by molar-refractivity contribution is -0.145. The van der Waals surface area contributed by atoms with E-state index in [0.717, 1.165) is 13.0 Å². The Hall–Kier alpha value is -0.610. The van der Waals surface area contributed by atoms with Crippen LogP contribution in [0.2, 0.25) is 0 Å². The van der Waals surface area contributed by atoms with Gasteiger partial charge in [0.25, 0.3) is 0 Å². The van der Waals surface area contributed by atoms with Crippen molar-refractivity contribution in [2.24, 2.45) is 5.92 Å². The van der Waals surface area contributed by atoms with E-state index in [4.69, 9.17) is 9.47 Å². The van der Waals surface area contributed by atoms with Crippen molar-refractivity contribution in [3.8, 4) is 0 Å². The van der Waals surface area contributed by atoms with Crippen LogP contribution in [-0.2, 0) is 14.3 Å². The standard InChI is InChI=1S/C11H23NO3/c1-8(6-7-14-4)12-10(3)9(2)11(13)15-5/h8-10,12H,6-7H2,1-5H3. The molecule has 0 aliphatic carbocycles. The van der Waals surface area contributed by atoms with E-state index in [1.54, 1.807) is 7.11 Å². The number of carbonyl (C=O) groups is 1. The molecule has 0 aromatic rings. The summed E-state index contributed by atoms with van der Waals surface area (Å²) in [4.78, 5) is 11.3. The zero-order valence-corrected chi connectivity index (χ0v) is 10.4. The fourth-order valence-corrected chi connectivity index (χ4v) is 1.36. The molecule has 4 heteroatoms. The van der Waals surface area contributed by atoms with E-state index in [1.807, 2.05) is 13.8 Å². The first-order valence-corrected chi connectivity index (χ1v) is 5.35. The first-order chi connectivity index (χ1) is 7.02. The molecule has 0 aromatic carbocycles. The topological polar surface area (TPSA) is 47.6 Å². The number of carbonyl (C=O) groups excluding carboxylic acids is 1. The predicted octanol–water partition coefficient (Wildman–Crippen LogP) is 1.20. The minimum atomic E-state index is -0.172. The van der Waals surface area contributed by atoms with Gasteiger partial charge in [-0.3, -0.25) is 4.79 Å². The Bertz CT molecular complexity index is 185. The zero-order valence-electron chi connectivity index (χ0n) is 10.4. The fraction of sp³-hybridized carbons (Fsp3) is 0.909. The van der Waals surface area contributed by atoms with E-state index < -0.39 is 0 Å². The fourth-order valence-electron chi connectivity index (χ4n) is 1.36. The van der Waals surface area contributed by atoms with Gasteiger partial charge >= 0.3 is 5.97 Å². The van der Waals surface area contributed by atoms with Crippen molar-refractivity contribution in [2.45, 2.75) is 39.3 Å². The van der Waals surface area contributed by atoms with Gasteiger partial charge in [-0.25, -0.2) is 0 Å². The molecule has 0 spiro atoms. The summed E-state index contributed by atoms with van der Waals surface area (Å²) in [5.41, 5.74) is 0. The van der Waals surface area contributed by atoms with Gasteiger partial charge in [-0.2, -0.15) is 0 Å². The smallest absolute Gasteiger partial charge is 0.309 e. The maximum atomic E-state index is 11.3. The minimum absolute atomic E-state index is 0.115. The number of ether oxygens (including phenoxy) is 2. The van der Waals surface area contributed by atoms with Crippen molar-refractivity contribution in [1.82, 2.24) is 5.32 Å². The summed E-state index contributed by atoms with van der Waals surface area (Å²) in [6.45, 7) is 6.67. The van der Waals surface area contributed by atoms with Gasteiger partial charge in [-0.05, 0) is 20.3 Å². The van der Waals surface area contributed by atoms with E-state index in [0.29, 0.717) is 6.04 Å². The van der Waals surface area contributed by atoms with E-state index >= 15 is 0 Å². The van der Waals surface area contributed by atoms with E-state index in [9.17, 15) is 4.79 Å². The molecule has 3 unspecified atom stereocenters. The number of esters is 1. The van der Waals surface area contributed by atoms with Crippen LogP contribution < -0.4 is 5.32 Å². The molecule has 0 saturated heterocycles. The average Bonchev–Trinajstić information content (AvgIpc) is 2.23. The molecule has 0 aromatic heterocycles. The van der Waals surface area contributed by atoms with Crippen molar-refractivity contribution in [3.63, 3.8) is 0 Å². The summed E-state index contributed by atoms with van der Waals surface area (Å²) in [5.74, 6) is -0.297. The number of methoxy groups -OCH3 is 2. The maximum absolute atomic E-state index is 11.3. The summed E-state index contributed by atoms with van der Waals surface area (Å²) < 4.78 is 9.68. The van der Waals surface area contributed by atoms with Crippen LogP contribution in [0.1, 0.15) is 27.2 Å². The first kappa shape index (κ1) is 14.4. The van der Waals surface area contributed by atoms with Crippen LogP contribution in [0.4, 0.5) is 0 Å². The van der Waals surface area contributed by atoms with Crippen molar-refractivity contribution >= 4 is 5.97 Å². The molecule has 0 bridgehead atoms. The highest BCUT2D eigenvalue weighted by atomic mass is 16.5. The molecule has 1 N–H and O–H groups in total. The Morgan fingerprint density at radius 2 is 1.87 bits per heavy atom. The van der Waals surface area contributed by atoms with Crippen LogP contribution in [0.3, 0.4) is 0 Å². The maximum Gasteiger partial charge on any atom is 0.309 e. The molecule has 0 saturated carbocycles. The number of hydrogen-bond donors (Lipinski definition) is 1. The molecule has 15 heavy (non-hydrogen) atoms. The largest absolute Gasteiger partial charge is 0.469 e. The molecule has 0 amide bonds. The normalized spacial score (nSPS) is 16.9. The molecular weight excluding hydrogens is 194 g/mol. The lowest BCUT2D eigenvalue weighted by Gasteiger charge is -2.23. The SMILES string of the molecule is COCCC(C)NC(C)C(C)C(=O)OC. The van der Waals surface area contributed by atoms with Crippen LogP contribution >= 0.6 is 0 Å². The molecule has 0 fully saturated rings. The van der Waals surface area contributed by atoms with E-state index in [1.165, 1.54) is 7.11 Å². The Kier molecular flexibility index (Phi) is 7.34. The van der Waals surface area contributed by atoms with Gasteiger partial charge < -0.3 is 14.8 Å². The highest BCUT2D eigenvalue weighted by Crippen LogP contribution is 2.06. The van der Waals surface area contributed by atoms with E-state index in [-0.39, 0.29) is 17.9 Å². The van der Waals surface area contributed by atoms with Crippen molar-refractivity contribution < 1.29 is 14.3 Å². The zero-order chi connectivity index (χ0) is 11.8. The lowest BCUT2D eigenvalue weighted by atomic mass is 10.0. The van der Waals surface area contributed by atoms with Crippen LogP contribution in [-0.4, -0.2) is 38.9 Å². The third-order valence-electron chi connectivity index (χ3n) is 2.63. The second-order valence-corrected chi connectivity index (χ2v) is 3.95. The molecular formula is C11H23NO3. The molecule has 90 valence electrons. The van der Waals surface area contributed by atoms with Crippen molar-refractivity contribution in [2.75, 3.05) is 20.8 Å². The molecule has 0 aliphatic heterocycles. The number of rotatable bonds is 7. The molecule has 0 aliphatic rings. The summed E-state index contributed by atoms with van der Waals surface area (Å²) >= 11 is 0. The summed E-state index contributed by atoms with van der Waals surface area (Å²) in [6.07, 6.45) is 0.939. The summed E-state index contributed by atoms with van der Waals surface area (Å²) in [6, 6.07) is 0.455. The van der Waals surface area contributed by atoms with Crippen LogP contribution in [0.15, 0.2) is 0 Å². The van der Waals surface area contributed by atoms with Gasteiger partial charge in [0.1, 0.15) is 0 Å². The molecule has 0 heterocycles. The van der Waals surface area contributed by atoms with Crippen molar-refractivity contribution in [3.05, 3.63) is 0 Å². The highest BCUT2D eigenvalue weighted by molar-refractivity contribution is 5.72. The molecule has 0 rings (SSSR count). The van der Waals surface area contributed by atoms with Gasteiger partial charge in [0.15, 0.2) is 0 Å². The summed E-state index contributed by atoms with van der Waals surface area (Å²) in [7, 11) is 3.10.